The molecule has 1 aliphatic rings. The van der Waals surface area contributed by atoms with Crippen LogP contribution in [0.4, 0.5) is 5.69 Å². The highest BCUT2D eigenvalue weighted by Crippen LogP contribution is 2.20. The summed E-state index contributed by atoms with van der Waals surface area (Å²) in [7, 11) is 0. The summed E-state index contributed by atoms with van der Waals surface area (Å²) in [5.41, 5.74) is 6.33. The number of aryl methyl sites for hydroxylation is 1. The molecule has 0 saturated carbocycles. The van der Waals surface area contributed by atoms with Gasteiger partial charge < -0.3 is 10.6 Å². The zero-order valence-electron chi connectivity index (χ0n) is 11.9. The Morgan fingerprint density at radius 3 is 3.05 bits per heavy atom. The number of thiocarbonyl (C=S) groups is 1. The summed E-state index contributed by atoms with van der Waals surface area (Å²) in [5, 5.41) is 4.25. The molecule has 110 valence electrons. The largest absolute Gasteiger partial charge is 0.393 e. The summed E-state index contributed by atoms with van der Waals surface area (Å²) in [6.07, 6.45) is 5.63. The van der Waals surface area contributed by atoms with Crippen LogP contribution in [0.3, 0.4) is 0 Å². The number of rotatable bonds is 5. The Kier molecular flexibility index (Phi) is 5.11. The lowest BCUT2D eigenvalue weighted by Crippen LogP contribution is -2.35. The lowest BCUT2D eigenvalue weighted by molar-refractivity contribution is 0.445. The molecule has 0 aromatic carbocycles. The Hall–Kier alpha value is -1.43. The Morgan fingerprint density at radius 2 is 2.40 bits per heavy atom. The van der Waals surface area contributed by atoms with Crippen LogP contribution in [-0.2, 0) is 6.54 Å². The molecule has 1 saturated heterocycles. The lowest BCUT2D eigenvalue weighted by Gasteiger charge is -2.32. The van der Waals surface area contributed by atoms with E-state index in [1.54, 1.807) is 12.3 Å². The molecular weight excluding hydrogens is 272 g/mol. The second-order valence-corrected chi connectivity index (χ2v) is 6.06. The van der Waals surface area contributed by atoms with E-state index in [1.165, 1.54) is 17.5 Å². The van der Waals surface area contributed by atoms with Gasteiger partial charge >= 0.3 is 0 Å². The molecule has 2 heterocycles. The molecule has 0 bridgehead atoms. The van der Waals surface area contributed by atoms with Gasteiger partial charge in [-0.05, 0) is 31.6 Å². The van der Waals surface area contributed by atoms with Crippen molar-refractivity contribution in [3.05, 3.63) is 22.6 Å². The third-order valence-corrected chi connectivity index (χ3v) is 3.87. The first kappa shape index (κ1) is 15.0. The molecule has 5 nitrogen and oxygen atoms in total. The van der Waals surface area contributed by atoms with Gasteiger partial charge in [-0.15, -0.1) is 0 Å². The Labute approximate surface area is 124 Å². The van der Waals surface area contributed by atoms with E-state index in [0.717, 1.165) is 25.2 Å². The topological polar surface area (TPSA) is 64.2 Å². The molecule has 2 rings (SSSR count). The van der Waals surface area contributed by atoms with Gasteiger partial charge in [0.1, 0.15) is 0 Å². The van der Waals surface area contributed by atoms with Crippen LogP contribution in [0, 0.1) is 5.92 Å². The van der Waals surface area contributed by atoms with E-state index in [0.29, 0.717) is 23.9 Å². The van der Waals surface area contributed by atoms with Crippen molar-refractivity contribution in [2.75, 3.05) is 18.0 Å². The van der Waals surface area contributed by atoms with E-state index in [4.69, 9.17) is 18.0 Å². The molecule has 1 aromatic heterocycles. The molecule has 0 amide bonds. The van der Waals surface area contributed by atoms with Gasteiger partial charge in [-0.25, -0.2) is 4.68 Å². The Bertz CT molecular complexity index is 528. The van der Waals surface area contributed by atoms with Crippen LogP contribution < -0.4 is 16.2 Å². The molecule has 0 radical (unpaired) electrons. The summed E-state index contributed by atoms with van der Waals surface area (Å²) in [4.78, 5) is 14.8. The van der Waals surface area contributed by atoms with E-state index in [1.807, 2.05) is 0 Å². The van der Waals surface area contributed by atoms with Crippen molar-refractivity contribution >= 4 is 22.9 Å². The average Bonchev–Trinajstić information content (AvgIpc) is 2.40. The normalized spacial score (nSPS) is 19.1. The number of aromatic nitrogens is 2. The number of anilines is 1. The fraction of sp³-hybridized carbons (Fsp3) is 0.643. The van der Waals surface area contributed by atoms with Crippen LogP contribution >= 0.6 is 12.2 Å². The number of piperidine rings is 1. The van der Waals surface area contributed by atoms with Crippen molar-refractivity contribution in [1.82, 2.24) is 9.78 Å². The SMILES string of the molecule is CC1CCCN(c2cnn(CCCC(N)=S)c(=O)c2)C1. The molecular formula is C14H22N4OS. The second-order valence-electron chi connectivity index (χ2n) is 5.54. The van der Waals surface area contributed by atoms with Gasteiger partial charge in [-0.3, -0.25) is 4.79 Å². The van der Waals surface area contributed by atoms with E-state index >= 15 is 0 Å². The molecule has 1 atom stereocenters. The highest BCUT2D eigenvalue weighted by atomic mass is 32.1. The predicted octanol–water partition coefficient (Wildman–Crippen LogP) is 1.55. The second kappa shape index (κ2) is 6.83. The zero-order chi connectivity index (χ0) is 14.5. The summed E-state index contributed by atoms with van der Waals surface area (Å²) in [5.74, 6) is 0.678. The quantitative estimate of drug-likeness (QED) is 0.835. The summed E-state index contributed by atoms with van der Waals surface area (Å²) < 4.78 is 1.48. The van der Waals surface area contributed by atoms with Crippen molar-refractivity contribution in [3.63, 3.8) is 0 Å². The molecule has 6 heteroatoms. The van der Waals surface area contributed by atoms with Crippen LogP contribution in [0.25, 0.3) is 0 Å². The van der Waals surface area contributed by atoms with Crippen molar-refractivity contribution < 1.29 is 0 Å². The van der Waals surface area contributed by atoms with Gasteiger partial charge in [0, 0.05) is 25.7 Å². The minimum Gasteiger partial charge on any atom is -0.393 e. The van der Waals surface area contributed by atoms with Crippen molar-refractivity contribution in [3.8, 4) is 0 Å². The van der Waals surface area contributed by atoms with Crippen molar-refractivity contribution in [1.29, 1.82) is 0 Å². The van der Waals surface area contributed by atoms with Gasteiger partial charge in [-0.2, -0.15) is 5.10 Å². The number of hydrogen-bond acceptors (Lipinski definition) is 4. The molecule has 1 aromatic rings. The van der Waals surface area contributed by atoms with E-state index in [9.17, 15) is 4.79 Å². The standard InChI is InChI=1S/C14H22N4OS/c1-11-4-2-6-17(10-11)12-8-14(19)18(16-9-12)7-3-5-13(15)20/h8-9,11H,2-7,10H2,1H3,(H2,15,20). The monoisotopic (exact) mass is 294 g/mol. The first-order chi connectivity index (χ1) is 9.56. The molecule has 0 aliphatic carbocycles. The van der Waals surface area contributed by atoms with Crippen molar-refractivity contribution in [2.45, 2.75) is 39.2 Å². The lowest BCUT2D eigenvalue weighted by atomic mass is 10.00. The van der Waals surface area contributed by atoms with E-state index < -0.39 is 0 Å². The molecule has 0 spiro atoms. The summed E-state index contributed by atoms with van der Waals surface area (Å²) in [6.45, 7) is 4.83. The highest BCUT2D eigenvalue weighted by Gasteiger charge is 2.17. The minimum absolute atomic E-state index is 0.0522. The summed E-state index contributed by atoms with van der Waals surface area (Å²) >= 11 is 4.82. The van der Waals surface area contributed by atoms with Gasteiger partial charge in [-0.1, -0.05) is 19.1 Å². The average molecular weight is 294 g/mol. The number of nitrogens with zero attached hydrogens (tertiary/aromatic N) is 3. The Balaban J connectivity index is 2.01. The van der Waals surface area contributed by atoms with Crippen LogP contribution in [0.1, 0.15) is 32.6 Å². The highest BCUT2D eigenvalue weighted by molar-refractivity contribution is 7.80. The van der Waals surface area contributed by atoms with Crippen molar-refractivity contribution in [2.24, 2.45) is 11.7 Å². The molecule has 2 N–H and O–H groups in total. The van der Waals surface area contributed by atoms with Crippen LogP contribution in [0.5, 0.6) is 0 Å². The summed E-state index contributed by atoms with van der Waals surface area (Å²) in [6, 6.07) is 1.69. The number of hydrogen-bond donors (Lipinski definition) is 1. The van der Waals surface area contributed by atoms with Crippen LogP contribution in [-0.4, -0.2) is 27.9 Å². The smallest absolute Gasteiger partial charge is 0.268 e. The van der Waals surface area contributed by atoms with Gasteiger partial charge in [0.2, 0.25) is 0 Å². The van der Waals surface area contributed by atoms with E-state index in [2.05, 4.69) is 16.9 Å². The number of nitrogens with two attached hydrogens (primary N) is 1. The molecule has 20 heavy (non-hydrogen) atoms. The first-order valence-corrected chi connectivity index (χ1v) is 7.57. The third kappa shape index (κ3) is 4.03. The first-order valence-electron chi connectivity index (χ1n) is 7.16. The third-order valence-electron chi connectivity index (χ3n) is 3.67. The van der Waals surface area contributed by atoms with Crippen LogP contribution in [0.2, 0.25) is 0 Å². The maximum Gasteiger partial charge on any atom is 0.268 e. The van der Waals surface area contributed by atoms with Crippen LogP contribution in [0.15, 0.2) is 17.1 Å². The predicted molar refractivity (Wildman–Crippen MR) is 85.1 cm³/mol. The molecule has 1 fully saturated rings. The maximum absolute atomic E-state index is 12.0. The molecule has 1 aliphatic heterocycles. The molecule has 1 unspecified atom stereocenters. The maximum atomic E-state index is 12.0. The fourth-order valence-electron chi connectivity index (χ4n) is 2.59. The van der Waals surface area contributed by atoms with E-state index in [-0.39, 0.29) is 5.56 Å². The Morgan fingerprint density at radius 1 is 1.60 bits per heavy atom. The minimum atomic E-state index is -0.0522. The van der Waals surface area contributed by atoms with Gasteiger partial charge in [0.25, 0.3) is 5.56 Å². The van der Waals surface area contributed by atoms with Gasteiger partial charge in [0.05, 0.1) is 16.9 Å². The fourth-order valence-corrected chi connectivity index (χ4v) is 2.74. The van der Waals surface area contributed by atoms with Gasteiger partial charge in [0.15, 0.2) is 0 Å². The zero-order valence-corrected chi connectivity index (χ0v) is 12.7.